The van der Waals surface area contributed by atoms with Gasteiger partial charge in [-0.1, -0.05) is 24.2 Å². The van der Waals surface area contributed by atoms with Gasteiger partial charge in [-0.25, -0.2) is 9.97 Å². The lowest BCUT2D eigenvalue weighted by atomic mass is 9.93. The van der Waals surface area contributed by atoms with E-state index in [1.54, 1.807) is 17.5 Å². The molecule has 4 rings (SSSR count). The second-order valence-corrected chi connectivity index (χ2v) is 7.79. The van der Waals surface area contributed by atoms with Crippen molar-refractivity contribution in [2.45, 2.75) is 44.8 Å². The van der Waals surface area contributed by atoms with Gasteiger partial charge >= 0.3 is 0 Å². The molecule has 0 spiro atoms. The van der Waals surface area contributed by atoms with Gasteiger partial charge < -0.3 is 20.5 Å². The van der Waals surface area contributed by atoms with Crippen LogP contribution in [0.2, 0.25) is 0 Å². The summed E-state index contributed by atoms with van der Waals surface area (Å²) in [4.78, 5) is 8.91. The largest absolute Gasteiger partial charge is 0.457 e. The number of nitrogens with one attached hydrogen (secondary N) is 2. The molecular formula is C20H24N4O2S. The Bertz CT molecular complexity index is 914. The van der Waals surface area contributed by atoms with Crippen LogP contribution in [-0.2, 0) is 0 Å². The number of hydrogen-bond donors (Lipinski definition) is 3. The van der Waals surface area contributed by atoms with E-state index >= 15 is 0 Å². The Balaban J connectivity index is 1.49. The van der Waals surface area contributed by atoms with Crippen molar-refractivity contribution in [3.63, 3.8) is 0 Å². The van der Waals surface area contributed by atoms with Crippen LogP contribution in [-0.4, -0.2) is 33.8 Å². The zero-order valence-electron chi connectivity index (χ0n) is 15.3. The third-order valence-corrected chi connectivity index (χ3v) is 5.67. The van der Waals surface area contributed by atoms with E-state index < -0.39 is 0 Å². The van der Waals surface area contributed by atoms with E-state index in [1.165, 1.54) is 0 Å². The van der Waals surface area contributed by atoms with Crippen LogP contribution in [0.15, 0.2) is 36.5 Å². The molecule has 3 aromatic rings. The molecule has 0 bridgehead atoms. The summed E-state index contributed by atoms with van der Waals surface area (Å²) in [7, 11) is 0. The third kappa shape index (κ3) is 4.31. The van der Waals surface area contributed by atoms with Crippen LogP contribution in [0.5, 0.6) is 11.5 Å². The molecule has 7 heteroatoms. The molecule has 0 aliphatic heterocycles. The van der Waals surface area contributed by atoms with Crippen molar-refractivity contribution in [3.8, 4) is 11.5 Å². The van der Waals surface area contributed by atoms with Crippen LogP contribution in [0.3, 0.4) is 0 Å². The van der Waals surface area contributed by atoms with Crippen LogP contribution < -0.4 is 15.4 Å². The molecule has 1 aliphatic carbocycles. The summed E-state index contributed by atoms with van der Waals surface area (Å²) in [6, 6.07) is 9.72. The molecule has 0 saturated heterocycles. The first-order valence-electron chi connectivity index (χ1n) is 9.44. The average molecular weight is 385 g/mol. The molecule has 27 heavy (non-hydrogen) atoms. The third-order valence-electron chi connectivity index (χ3n) is 4.72. The van der Waals surface area contributed by atoms with Crippen molar-refractivity contribution in [3.05, 3.63) is 36.5 Å². The van der Waals surface area contributed by atoms with E-state index in [9.17, 15) is 5.11 Å². The second kappa shape index (κ2) is 8.10. The molecule has 3 N–H and O–H groups in total. The summed E-state index contributed by atoms with van der Waals surface area (Å²) >= 11 is 1.59. The molecule has 2 atom stereocenters. The number of benzene rings is 1. The highest BCUT2D eigenvalue weighted by Crippen LogP contribution is 2.33. The molecule has 6 nitrogen and oxygen atoms in total. The lowest BCUT2D eigenvalue weighted by Gasteiger charge is -2.27. The molecule has 1 aliphatic rings. The topological polar surface area (TPSA) is 79.3 Å². The minimum Gasteiger partial charge on any atom is -0.457 e. The zero-order valence-corrected chi connectivity index (χ0v) is 16.1. The van der Waals surface area contributed by atoms with Gasteiger partial charge in [-0.05, 0) is 38.0 Å². The number of ether oxygens (including phenoxy) is 1. The van der Waals surface area contributed by atoms with Crippen LogP contribution in [0.25, 0.3) is 10.2 Å². The van der Waals surface area contributed by atoms with E-state index in [0.29, 0.717) is 0 Å². The number of thiazole rings is 1. The molecule has 1 aromatic carbocycles. The van der Waals surface area contributed by atoms with Crippen molar-refractivity contribution in [1.82, 2.24) is 9.97 Å². The Labute approximate surface area is 162 Å². The maximum absolute atomic E-state index is 10.2. The predicted molar refractivity (Wildman–Crippen MR) is 110 cm³/mol. The molecule has 2 aromatic heterocycles. The average Bonchev–Trinajstić information content (AvgIpc) is 3.06. The van der Waals surface area contributed by atoms with Gasteiger partial charge in [-0.3, -0.25) is 0 Å². The van der Waals surface area contributed by atoms with Gasteiger partial charge in [0.05, 0.1) is 22.4 Å². The van der Waals surface area contributed by atoms with Gasteiger partial charge in [0.25, 0.3) is 0 Å². The number of pyridine rings is 1. The molecule has 1 fully saturated rings. The number of rotatable bonds is 6. The number of aliphatic hydroxyl groups excluding tert-OH is 1. The predicted octanol–water partition coefficient (Wildman–Crippen LogP) is 4.63. The number of aromatic nitrogens is 2. The molecule has 1 saturated carbocycles. The van der Waals surface area contributed by atoms with E-state index in [4.69, 9.17) is 4.74 Å². The van der Waals surface area contributed by atoms with Gasteiger partial charge in [-0.15, -0.1) is 0 Å². The van der Waals surface area contributed by atoms with Crippen LogP contribution in [0.1, 0.15) is 32.6 Å². The Morgan fingerprint density at radius 3 is 2.89 bits per heavy atom. The molecule has 142 valence electrons. The maximum atomic E-state index is 10.2. The van der Waals surface area contributed by atoms with Gasteiger partial charge in [0.2, 0.25) is 0 Å². The smallest absolute Gasteiger partial charge is 0.184 e. The minimum atomic E-state index is -0.290. The van der Waals surface area contributed by atoms with Crippen molar-refractivity contribution in [2.24, 2.45) is 0 Å². The van der Waals surface area contributed by atoms with Crippen LogP contribution >= 0.6 is 11.3 Å². The van der Waals surface area contributed by atoms with Crippen molar-refractivity contribution in [2.75, 3.05) is 17.2 Å². The minimum absolute atomic E-state index is 0.0938. The summed E-state index contributed by atoms with van der Waals surface area (Å²) in [5.74, 6) is 2.31. The number of anilines is 2. The monoisotopic (exact) mass is 384 g/mol. The maximum Gasteiger partial charge on any atom is 0.184 e. The lowest BCUT2D eigenvalue weighted by molar-refractivity contribution is 0.116. The van der Waals surface area contributed by atoms with Gasteiger partial charge in [0.1, 0.15) is 17.3 Å². The number of fused-ring (bicyclic) bond motifs is 1. The van der Waals surface area contributed by atoms with Crippen molar-refractivity contribution in [1.29, 1.82) is 0 Å². The van der Waals surface area contributed by atoms with Gasteiger partial charge in [0, 0.05) is 24.9 Å². The summed E-state index contributed by atoms with van der Waals surface area (Å²) in [5, 5.41) is 17.6. The van der Waals surface area contributed by atoms with E-state index in [0.717, 1.165) is 64.9 Å². The number of hydrogen-bond acceptors (Lipinski definition) is 7. The SMILES string of the molecule is CCNc1cc(Oc2ccc3nc(N[C@@H]4CCCC[C@H]4O)sc3c2)ccn1. The Hall–Kier alpha value is -2.38. The fourth-order valence-corrected chi connectivity index (χ4v) is 4.31. The van der Waals surface area contributed by atoms with Crippen molar-refractivity contribution < 1.29 is 9.84 Å². The summed E-state index contributed by atoms with van der Waals surface area (Å²) in [6.45, 7) is 2.85. The Kier molecular flexibility index (Phi) is 5.40. The fraction of sp³-hybridized carbons (Fsp3) is 0.400. The van der Waals surface area contributed by atoms with Gasteiger partial charge in [-0.2, -0.15) is 0 Å². The highest BCUT2D eigenvalue weighted by Gasteiger charge is 2.23. The van der Waals surface area contributed by atoms with Crippen molar-refractivity contribution >= 4 is 32.5 Å². The lowest BCUT2D eigenvalue weighted by Crippen LogP contribution is -2.36. The van der Waals surface area contributed by atoms with E-state index in [2.05, 4.69) is 20.6 Å². The fourth-order valence-electron chi connectivity index (χ4n) is 3.36. The molecule has 2 heterocycles. The second-order valence-electron chi connectivity index (χ2n) is 6.76. The standard InChI is InChI=1S/C20H24N4O2S/c1-2-21-19-12-14(9-10-22-19)26-13-7-8-16-18(11-13)27-20(24-16)23-15-5-3-4-6-17(15)25/h7-12,15,17,25H,2-6H2,1H3,(H,21,22)(H,23,24)/t15-,17-/m1/s1. The Morgan fingerprint density at radius 2 is 2.04 bits per heavy atom. The molecule has 0 amide bonds. The summed E-state index contributed by atoms with van der Waals surface area (Å²) in [5.41, 5.74) is 0.934. The quantitative estimate of drug-likeness (QED) is 0.575. The first-order chi connectivity index (χ1) is 13.2. The van der Waals surface area contributed by atoms with Gasteiger partial charge in [0.15, 0.2) is 5.13 Å². The van der Waals surface area contributed by atoms with E-state index in [1.807, 2.05) is 37.3 Å². The number of nitrogens with zero attached hydrogens (tertiary/aromatic N) is 2. The Morgan fingerprint density at radius 1 is 1.19 bits per heavy atom. The first-order valence-corrected chi connectivity index (χ1v) is 10.3. The summed E-state index contributed by atoms with van der Waals surface area (Å²) < 4.78 is 7.04. The zero-order chi connectivity index (χ0) is 18.6. The molecule has 0 unspecified atom stereocenters. The first kappa shape index (κ1) is 18.0. The normalized spacial score (nSPS) is 19.8. The van der Waals surface area contributed by atoms with Crippen LogP contribution in [0, 0.1) is 0 Å². The highest BCUT2D eigenvalue weighted by atomic mass is 32.1. The summed E-state index contributed by atoms with van der Waals surface area (Å²) in [6.07, 6.45) is 5.55. The number of aliphatic hydroxyl groups is 1. The van der Waals surface area contributed by atoms with Crippen LogP contribution in [0.4, 0.5) is 10.9 Å². The van der Waals surface area contributed by atoms with E-state index in [-0.39, 0.29) is 12.1 Å². The molecule has 0 radical (unpaired) electrons. The highest BCUT2D eigenvalue weighted by molar-refractivity contribution is 7.22. The molecular weight excluding hydrogens is 360 g/mol.